The number of hydrogen-bond acceptors (Lipinski definition) is 0. The van der Waals surface area contributed by atoms with Crippen molar-refractivity contribution in [3.05, 3.63) is 0 Å². The van der Waals surface area contributed by atoms with E-state index in [9.17, 15) is 0 Å². The summed E-state index contributed by atoms with van der Waals surface area (Å²) in [6, 6.07) is 0. The molecule has 0 aromatic carbocycles. The van der Waals surface area contributed by atoms with Gasteiger partial charge in [0.15, 0.2) is 0 Å². The third-order valence-corrected chi connectivity index (χ3v) is 4.74. The zero-order chi connectivity index (χ0) is 5.91. The van der Waals surface area contributed by atoms with Gasteiger partial charge >= 0.3 is 56.7 Å². The molecule has 0 aliphatic carbocycles. The topological polar surface area (TPSA) is 0 Å². The first-order valence-corrected chi connectivity index (χ1v) is 6.26. The van der Waals surface area contributed by atoms with Crippen molar-refractivity contribution in [1.29, 1.82) is 0 Å². The first kappa shape index (κ1) is 7.80. The molecule has 0 heterocycles. The van der Waals surface area contributed by atoms with Crippen LogP contribution in [0.2, 0.25) is 7.87 Å². The molecule has 0 aliphatic rings. The van der Waals surface area contributed by atoms with Gasteiger partial charge in [0, 0.05) is 0 Å². The van der Waals surface area contributed by atoms with Gasteiger partial charge in [-0.15, -0.1) is 0 Å². The summed E-state index contributed by atoms with van der Waals surface area (Å²) in [7, 11) is 0. The van der Waals surface area contributed by atoms with Crippen molar-refractivity contribution in [2.75, 3.05) is 0 Å². The summed E-state index contributed by atoms with van der Waals surface area (Å²) >= 11 is 0.0181. The molecule has 0 bridgehead atoms. The zero-order valence-electron chi connectivity index (χ0n) is 5.71. The maximum atomic E-state index is 2.35. The van der Waals surface area contributed by atoms with Crippen molar-refractivity contribution in [2.24, 2.45) is 0 Å². The number of rotatable bonds is 1. The molecule has 42 valence electrons. The average Bonchev–Trinajstić information content (AvgIpc) is 1.30. The van der Waals surface area contributed by atoms with Gasteiger partial charge in [-0.1, -0.05) is 0 Å². The van der Waals surface area contributed by atoms with Crippen LogP contribution in [0, 0.1) is 0 Å². The molecule has 2 radical (unpaired) electrons. The molecule has 0 saturated heterocycles. The summed E-state index contributed by atoms with van der Waals surface area (Å²) in [4.78, 5) is 0. The first-order chi connectivity index (χ1) is 3.06. The van der Waals surface area contributed by atoms with Crippen LogP contribution in [0.5, 0.6) is 0 Å². The molecule has 0 fully saturated rings. The van der Waals surface area contributed by atoms with E-state index in [4.69, 9.17) is 0 Å². The van der Waals surface area contributed by atoms with Crippen LogP contribution < -0.4 is 0 Å². The van der Waals surface area contributed by atoms with Crippen LogP contribution in [0.4, 0.5) is 0 Å². The maximum absolute atomic E-state index is 2.35. The van der Waals surface area contributed by atoms with Gasteiger partial charge in [-0.05, 0) is 0 Å². The van der Waals surface area contributed by atoms with Crippen LogP contribution >= 0.6 is 0 Å². The Hall–Kier alpha value is 0.799. The molecular weight excluding hydrogens is 191 g/mol. The van der Waals surface area contributed by atoms with Gasteiger partial charge in [-0.2, -0.15) is 0 Å². The Kier molecular flexibility index (Phi) is 3.29. The molecule has 1 heteroatoms. The Morgan fingerprint density at radius 1 is 1.29 bits per heavy atom. The van der Waals surface area contributed by atoms with Crippen molar-refractivity contribution in [3.8, 4) is 0 Å². The summed E-state index contributed by atoms with van der Waals surface area (Å²) in [6.07, 6.45) is 0. The van der Waals surface area contributed by atoms with E-state index in [-0.39, 0.29) is 21.1 Å². The van der Waals surface area contributed by atoms with Gasteiger partial charge < -0.3 is 0 Å². The van der Waals surface area contributed by atoms with Crippen molar-refractivity contribution in [3.63, 3.8) is 0 Å². The Morgan fingerprint density at radius 3 is 1.71 bits per heavy atom. The van der Waals surface area contributed by atoms with E-state index in [1.165, 1.54) is 4.44 Å². The molecule has 0 aromatic heterocycles. The van der Waals surface area contributed by atoms with Gasteiger partial charge in [0.1, 0.15) is 0 Å². The van der Waals surface area contributed by atoms with Crippen LogP contribution in [-0.4, -0.2) is 21.1 Å². The van der Waals surface area contributed by atoms with Crippen molar-refractivity contribution in [1.82, 2.24) is 0 Å². The normalized spacial score (nSPS) is 12.0. The van der Waals surface area contributed by atoms with Crippen LogP contribution in [0.3, 0.4) is 0 Å². The minimum atomic E-state index is 0.0181. The van der Waals surface area contributed by atoms with E-state index >= 15 is 0 Å². The average molecular weight is 205 g/mol. The summed E-state index contributed by atoms with van der Waals surface area (Å²) in [6.45, 7) is 9.35. The van der Waals surface area contributed by atoms with E-state index in [0.29, 0.717) is 0 Å². The van der Waals surface area contributed by atoms with Crippen LogP contribution in [0.25, 0.3) is 0 Å². The predicted octanol–water partition coefficient (Wildman–Crippen LogP) is 2.35. The summed E-state index contributed by atoms with van der Waals surface area (Å²) in [5.41, 5.74) is 0. The second-order valence-corrected chi connectivity index (χ2v) is 10.1. The standard InChI is InChI=1S/C4H9.C2H5.Sn/c1-4(2)3;1-2;/h1-3H3;1H2,2H3;. The van der Waals surface area contributed by atoms with E-state index in [1.54, 1.807) is 0 Å². The van der Waals surface area contributed by atoms with Crippen LogP contribution in [0.1, 0.15) is 27.7 Å². The quantitative estimate of drug-likeness (QED) is 0.576. The number of hydrogen-bond donors (Lipinski definition) is 0. The fourth-order valence-electron chi connectivity index (χ4n) is 0.530. The molecule has 0 aromatic rings. The SMILES string of the molecule is C[CH2][Sn][C](C)(C)C. The van der Waals surface area contributed by atoms with Crippen LogP contribution in [0.15, 0.2) is 0 Å². The predicted molar refractivity (Wildman–Crippen MR) is 35.9 cm³/mol. The molecule has 0 aliphatic heterocycles. The monoisotopic (exact) mass is 206 g/mol. The third kappa shape index (κ3) is 6.80. The fourth-order valence-corrected chi connectivity index (χ4v) is 3.56. The molecule has 0 spiro atoms. The molecule has 0 saturated carbocycles. The molecule has 0 amide bonds. The molecule has 0 atom stereocenters. The molecule has 0 rings (SSSR count). The molecular formula is C6H14Sn. The first-order valence-electron chi connectivity index (χ1n) is 2.81. The molecule has 0 N–H and O–H groups in total. The second-order valence-electron chi connectivity index (χ2n) is 2.78. The summed E-state index contributed by atoms with van der Waals surface area (Å²) in [5.74, 6) is 0. The van der Waals surface area contributed by atoms with E-state index < -0.39 is 0 Å². The van der Waals surface area contributed by atoms with E-state index in [2.05, 4.69) is 27.7 Å². The Balaban J connectivity index is 3.15. The third-order valence-electron chi connectivity index (χ3n) is 0.707. The fraction of sp³-hybridized carbons (Fsp3) is 1.00. The summed E-state index contributed by atoms with van der Waals surface area (Å²) < 4.78 is 2.20. The van der Waals surface area contributed by atoms with Gasteiger partial charge in [-0.25, -0.2) is 0 Å². The van der Waals surface area contributed by atoms with E-state index in [0.717, 1.165) is 3.43 Å². The Bertz CT molecular complexity index is 42.6. The van der Waals surface area contributed by atoms with E-state index in [1.807, 2.05) is 0 Å². The molecule has 0 nitrogen and oxygen atoms in total. The summed E-state index contributed by atoms with van der Waals surface area (Å²) in [5, 5.41) is 0. The minimum absolute atomic E-state index is 0.0181. The molecule has 0 unspecified atom stereocenters. The Morgan fingerprint density at radius 2 is 1.71 bits per heavy atom. The van der Waals surface area contributed by atoms with Gasteiger partial charge in [0.05, 0.1) is 0 Å². The zero-order valence-corrected chi connectivity index (χ0v) is 8.56. The van der Waals surface area contributed by atoms with Crippen molar-refractivity contribution in [2.45, 2.75) is 35.6 Å². The van der Waals surface area contributed by atoms with Gasteiger partial charge in [0.2, 0.25) is 0 Å². The van der Waals surface area contributed by atoms with Crippen LogP contribution in [-0.2, 0) is 0 Å². The Labute approximate surface area is 56.9 Å². The molecule has 7 heavy (non-hydrogen) atoms. The second kappa shape index (κ2) is 2.95. The van der Waals surface area contributed by atoms with Gasteiger partial charge in [0.25, 0.3) is 0 Å². The van der Waals surface area contributed by atoms with Gasteiger partial charge in [-0.3, -0.25) is 0 Å². The van der Waals surface area contributed by atoms with Crippen molar-refractivity contribution >= 4 is 21.1 Å². The van der Waals surface area contributed by atoms with Crippen molar-refractivity contribution < 1.29 is 0 Å².